The van der Waals surface area contributed by atoms with E-state index in [4.69, 9.17) is 16.3 Å². The Morgan fingerprint density at radius 3 is 2.54 bits per heavy atom. The van der Waals surface area contributed by atoms with Gasteiger partial charge in [0.05, 0.1) is 18.2 Å². The minimum Gasteiger partial charge on any atom is -0.463 e. The fraction of sp³-hybridized carbons (Fsp3) is 0.370. The van der Waals surface area contributed by atoms with Gasteiger partial charge in [0, 0.05) is 55.6 Å². The van der Waals surface area contributed by atoms with Gasteiger partial charge >= 0.3 is 12.0 Å². The molecule has 1 saturated heterocycles. The largest absolute Gasteiger partial charge is 0.463 e. The van der Waals surface area contributed by atoms with E-state index in [1.54, 1.807) is 44.3 Å². The van der Waals surface area contributed by atoms with Gasteiger partial charge in [-0.2, -0.15) is 0 Å². The Bertz CT molecular complexity index is 1220. The first kappa shape index (κ1) is 26.6. The van der Waals surface area contributed by atoms with Crippen LogP contribution in [0.15, 0.2) is 59.8 Å². The van der Waals surface area contributed by atoms with Crippen LogP contribution in [0, 0.1) is 5.82 Å². The zero-order chi connectivity index (χ0) is 26.7. The lowest BCUT2D eigenvalue weighted by molar-refractivity contribution is -0.139. The molecule has 37 heavy (non-hydrogen) atoms. The van der Waals surface area contributed by atoms with Gasteiger partial charge in [0.25, 0.3) is 5.91 Å². The third-order valence-corrected chi connectivity index (χ3v) is 6.94. The summed E-state index contributed by atoms with van der Waals surface area (Å²) in [6.07, 6.45) is 0. The molecule has 2 atom stereocenters. The van der Waals surface area contributed by atoms with Crippen molar-refractivity contribution < 1.29 is 23.5 Å². The number of rotatable bonds is 6. The molecule has 2 aromatic carbocycles. The van der Waals surface area contributed by atoms with Gasteiger partial charge in [-0.1, -0.05) is 23.7 Å². The van der Waals surface area contributed by atoms with Crippen LogP contribution >= 0.6 is 11.6 Å². The molecule has 1 fully saturated rings. The molecular formula is C27H30ClFN4O4. The monoisotopic (exact) mass is 528 g/mol. The topological polar surface area (TPSA) is 82.2 Å². The number of urea groups is 1. The van der Waals surface area contributed by atoms with Crippen LogP contribution in [-0.2, 0) is 9.53 Å². The summed E-state index contributed by atoms with van der Waals surface area (Å²) >= 11 is 5.96. The number of halogens is 2. The van der Waals surface area contributed by atoms with Crippen molar-refractivity contribution >= 4 is 29.5 Å². The third-order valence-electron chi connectivity index (χ3n) is 6.69. The smallest absolute Gasteiger partial charge is 0.338 e. The summed E-state index contributed by atoms with van der Waals surface area (Å²) in [6.45, 7) is 5.69. The molecule has 0 aromatic heterocycles. The minimum atomic E-state index is -0.848. The quantitative estimate of drug-likeness (QED) is 0.576. The molecule has 8 nitrogen and oxygen atoms in total. The van der Waals surface area contributed by atoms with E-state index in [1.165, 1.54) is 23.1 Å². The fourth-order valence-electron chi connectivity index (χ4n) is 4.78. The Balaban J connectivity index is 1.59. The molecular weight excluding hydrogens is 499 g/mol. The van der Waals surface area contributed by atoms with Crippen LogP contribution in [0.2, 0.25) is 5.02 Å². The maximum Gasteiger partial charge on any atom is 0.338 e. The number of piperazine rings is 1. The summed E-state index contributed by atoms with van der Waals surface area (Å²) in [5, 5.41) is 3.37. The van der Waals surface area contributed by atoms with Gasteiger partial charge in [0.15, 0.2) is 0 Å². The van der Waals surface area contributed by atoms with E-state index < -0.39 is 23.9 Å². The molecule has 1 N–H and O–H groups in total. The normalized spacial score (nSPS) is 20.6. The maximum atomic E-state index is 14.0. The molecule has 0 unspecified atom stereocenters. The lowest BCUT2D eigenvalue weighted by Crippen LogP contribution is -2.56. The summed E-state index contributed by atoms with van der Waals surface area (Å²) in [7, 11) is 1.59. The van der Waals surface area contributed by atoms with Crippen LogP contribution in [0.4, 0.5) is 9.18 Å². The molecule has 2 aliphatic heterocycles. The number of hydrogen-bond donors (Lipinski definition) is 1. The molecule has 2 heterocycles. The average molecular weight is 529 g/mol. The van der Waals surface area contributed by atoms with Crippen LogP contribution in [0.3, 0.4) is 0 Å². The molecule has 4 rings (SSSR count). The van der Waals surface area contributed by atoms with Crippen molar-refractivity contribution in [3.8, 4) is 0 Å². The molecule has 196 valence electrons. The van der Waals surface area contributed by atoms with E-state index in [1.807, 2.05) is 11.8 Å². The van der Waals surface area contributed by atoms with E-state index in [0.717, 1.165) is 0 Å². The number of esters is 1. The van der Waals surface area contributed by atoms with Crippen LogP contribution in [-0.4, -0.2) is 78.5 Å². The molecule has 0 bridgehead atoms. The van der Waals surface area contributed by atoms with Gasteiger partial charge in [-0.25, -0.2) is 14.0 Å². The van der Waals surface area contributed by atoms with E-state index in [2.05, 4.69) is 10.2 Å². The SMILES string of the molecule is CCOC(=O)C1=C(CN2CCN(C(=O)c3ccc(Cl)cc3)[C@H](C)C2)N(C)C(=O)N[C@@H]1c1cccc(F)c1. The molecule has 0 radical (unpaired) electrons. The highest BCUT2D eigenvalue weighted by Gasteiger charge is 2.38. The number of benzene rings is 2. The number of nitrogens with zero attached hydrogens (tertiary/aromatic N) is 3. The van der Waals surface area contributed by atoms with Gasteiger partial charge in [-0.05, 0) is 55.8 Å². The number of carbonyl (C=O) groups excluding carboxylic acids is 3. The van der Waals surface area contributed by atoms with E-state index >= 15 is 0 Å². The second kappa shape index (κ2) is 11.3. The Hall–Kier alpha value is -3.43. The highest BCUT2D eigenvalue weighted by atomic mass is 35.5. The van der Waals surface area contributed by atoms with Crippen LogP contribution < -0.4 is 5.32 Å². The first-order valence-electron chi connectivity index (χ1n) is 12.2. The predicted molar refractivity (Wildman–Crippen MR) is 137 cm³/mol. The zero-order valence-electron chi connectivity index (χ0n) is 21.0. The van der Waals surface area contributed by atoms with E-state index in [0.29, 0.717) is 41.5 Å². The highest BCUT2D eigenvalue weighted by molar-refractivity contribution is 6.30. The predicted octanol–water partition coefficient (Wildman–Crippen LogP) is 3.84. The van der Waals surface area contributed by atoms with Crippen LogP contribution in [0.25, 0.3) is 0 Å². The Morgan fingerprint density at radius 1 is 1.16 bits per heavy atom. The minimum absolute atomic E-state index is 0.0735. The van der Waals surface area contributed by atoms with Crippen molar-refractivity contribution in [3.05, 3.63) is 81.8 Å². The number of hydrogen-bond acceptors (Lipinski definition) is 5. The fourth-order valence-corrected chi connectivity index (χ4v) is 4.91. The van der Waals surface area contributed by atoms with Gasteiger partial charge < -0.3 is 15.0 Å². The lowest BCUT2D eigenvalue weighted by atomic mass is 9.94. The van der Waals surface area contributed by atoms with Crippen molar-refractivity contribution in [1.82, 2.24) is 20.0 Å². The van der Waals surface area contributed by atoms with Crippen molar-refractivity contribution in [2.75, 3.05) is 39.8 Å². The van der Waals surface area contributed by atoms with Crippen LogP contribution in [0.1, 0.15) is 35.8 Å². The second-order valence-electron chi connectivity index (χ2n) is 9.17. The molecule has 0 spiro atoms. The number of likely N-dealkylation sites (N-methyl/N-ethyl adjacent to an activating group) is 1. The summed E-state index contributed by atoms with van der Waals surface area (Å²) in [5.74, 6) is -1.11. The van der Waals surface area contributed by atoms with Gasteiger partial charge in [0.1, 0.15) is 5.82 Å². The highest BCUT2D eigenvalue weighted by Crippen LogP contribution is 2.32. The summed E-state index contributed by atoms with van der Waals surface area (Å²) < 4.78 is 19.4. The van der Waals surface area contributed by atoms with Crippen molar-refractivity contribution in [2.24, 2.45) is 0 Å². The Kier molecular flexibility index (Phi) is 8.14. The zero-order valence-corrected chi connectivity index (χ0v) is 21.8. The standard InChI is InChI=1S/C27H30ClFN4O4/c1-4-37-26(35)23-22(31(3)27(36)30-24(23)19-6-5-7-21(29)14-19)16-32-12-13-33(17(2)15-32)25(34)18-8-10-20(28)11-9-18/h5-11,14,17,24H,4,12-13,15-16H2,1-3H3,(H,30,36)/t17-,24-/m1/s1. The van der Waals surface area contributed by atoms with Crippen molar-refractivity contribution in [3.63, 3.8) is 0 Å². The summed E-state index contributed by atoms with van der Waals surface area (Å²) in [5.41, 5.74) is 1.77. The molecule has 2 aliphatic rings. The second-order valence-corrected chi connectivity index (χ2v) is 9.60. The van der Waals surface area contributed by atoms with Crippen molar-refractivity contribution in [1.29, 1.82) is 0 Å². The van der Waals surface area contributed by atoms with Crippen molar-refractivity contribution in [2.45, 2.75) is 25.9 Å². The van der Waals surface area contributed by atoms with Crippen LogP contribution in [0.5, 0.6) is 0 Å². The number of carbonyl (C=O) groups is 3. The van der Waals surface area contributed by atoms with Gasteiger partial charge in [0.2, 0.25) is 0 Å². The average Bonchev–Trinajstić information content (AvgIpc) is 2.87. The van der Waals surface area contributed by atoms with E-state index in [-0.39, 0.29) is 30.7 Å². The first-order valence-corrected chi connectivity index (χ1v) is 12.6. The number of ether oxygens (including phenoxy) is 1. The lowest BCUT2D eigenvalue weighted by Gasteiger charge is -2.42. The first-order chi connectivity index (χ1) is 17.7. The third kappa shape index (κ3) is 5.78. The maximum absolute atomic E-state index is 14.0. The van der Waals surface area contributed by atoms with E-state index in [9.17, 15) is 18.8 Å². The molecule has 10 heteroatoms. The molecule has 2 aromatic rings. The van der Waals surface area contributed by atoms with Gasteiger partial charge in [-0.15, -0.1) is 0 Å². The summed E-state index contributed by atoms with van der Waals surface area (Å²) in [6, 6.07) is 11.3. The molecule has 3 amide bonds. The molecule has 0 saturated carbocycles. The molecule has 0 aliphatic carbocycles. The number of nitrogens with one attached hydrogen (secondary N) is 1. The van der Waals surface area contributed by atoms with Gasteiger partial charge in [-0.3, -0.25) is 14.6 Å². The summed E-state index contributed by atoms with van der Waals surface area (Å²) in [4.78, 5) is 44.4. The Labute approximate surface area is 220 Å². The Morgan fingerprint density at radius 2 is 1.89 bits per heavy atom. The number of amides is 3.